The topological polar surface area (TPSA) is 71.2 Å². The Kier molecular flexibility index (Phi) is 5.98. The second-order valence-electron chi connectivity index (χ2n) is 8.36. The first-order chi connectivity index (χ1) is 15.0. The Bertz CT molecular complexity index is 1170. The van der Waals surface area contributed by atoms with Crippen molar-refractivity contribution in [3.8, 4) is 34.0 Å². The molecule has 0 spiro atoms. The van der Waals surface area contributed by atoms with Crippen LogP contribution in [0.2, 0.25) is 0 Å². The minimum absolute atomic E-state index is 0.0717. The van der Waals surface area contributed by atoms with Crippen LogP contribution in [0.15, 0.2) is 77.3 Å². The molecule has 5 heteroatoms. The quantitative estimate of drug-likeness (QED) is 0.434. The highest BCUT2D eigenvalue weighted by Crippen LogP contribution is 2.32. The van der Waals surface area contributed by atoms with E-state index >= 15 is 0 Å². The molecule has 0 aliphatic carbocycles. The molecule has 0 saturated heterocycles. The molecule has 0 unspecified atom stereocenters. The average molecular weight is 414 g/mol. The Labute approximate surface area is 182 Å². The first-order valence-corrected chi connectivity index (χ1v) is 10.4. The molecule has 1 heterocycles. The minimum Gasteiger partial charge on any atom is -0.394 e. The Balaban J connectivity index is 1.60. The van der Waals surface area contributed by atoms with E-state index in [9.17, 15) is 5.11 Å². The maximum Gasteiger partial charge on any atom is 0.258 e. The molecule has 0 aliphatic heterocycles. The number of hydrogen-bond acceptors (Lipinski definition) is 5. The zero-order valence-corrected chi connectivity index (χ0v) is 18.1. The molecule has 2 N–H and O–H groups in total. The number of benzene rings is 3. The van der Waals surface area contributed by atoms with Gasteiger partial charge in [0.25, 0.3) is 5.89 Å². The summed E-state index contributed by atoms with van der Waals surface area (Å²) in [4.78, 5) is 4.67. The second kappa shape index (κ2) is 8.84. The lowest BCUT2D eigenvalue weighted by atomic mass is 9.96. The summed E-state index contributed by atoms with van der Waals surface area (Å²) in [6.45, 7) is 6.73. The molecule has 158 valence electrons. The molecule has 31 heavy (non-hydrogen) atoms. The van der Waals surface area contributed by atoms with Crippen LogP contribution in [0.5, 0.6) is 0 Å². The van der Waals surface area contributed by atoms with Crippen LogP contribution in [0.3, 0.4) is 0 Å². The van der Waals surface area contributed by atoms with Crippen LogP contribution in [0.4, 0.5) is 0 Å². The summed E-state index contributed by atoms with van der Waals surface area (Å²) < 4.78 is 5.64. The van der Waals surface area contributed by atoms with Gasteiger partial charge in [-0.3, -0.25) is 0 Å². The Morgan fingerprint density at radius 3 is 2.39 bits per heavy atom. The van der Waals surface area contributed by atoms with Gasteiger partial charge in [0.05, 0.1) is 6.61 Å². The number of aliphatic hydroxyl groups excluding tert-OH is 1. The highest BCUT2D eigenvalue weighted by Gasteiger charge is 2.17. The van der Waals surface area contributed by atoms with Gasteiger partial charge in [-0.2, -0.15) is 4.98 Å². The first-order valence-electron chi connectivity index (χ1n) is 10.4. The lowest BCUT2D eigenvalue weighted by molar-refractivity contribution is 0.187. The Morgan fingerprint density at radius 1 is 0.903 bits per heavy atom. The zero-order chi connectivity index (χ0) is 21.8. The number of nitrogens with one attached hydrogen (secondary N) is 1. The van der Waals surface area contributed by atoms with Gasteiger partial charge in [-0.15, -0.1) is 0 Å². The Hall–Kier alpha value is -3.28. The van der Waals surface area contributed by atoms with Crippen LogP contribution < -0.4 is 5.32 Å². The van der Waals surface area contributed by atoms with Gasteiger partial charge in [-0.25, -0.2) is 0 Å². The maximum absolute atomic E-state index is 9.44. The van der Waals surface area contributed by atoms with Crippen LogP contribution in [0.25, 0.3) is 34.0 Å². The van der Waals surface area contributed by atoms with E-state index in [2.05, 4.69) is 40.6 Å². The van der Waals surface area contributed by atoms with E-state index in [1.165, 1.54) is 0 Å². The fourth-order valence-electron chi connectivity index (χ4n) is 3.47. The summed E-state index contributed by atoms with van der Waals surface area (Å²) in [6, 6.07) is 24.5. The molecular formula is C26H27N3O2. The molecule has 0 atom stereocenters. The third-order valence-electron chi connectivity index (χ3n) is 5.43. The molecule has 1 aromatic heterocycles. The van der Waals surface area contributed by atoms with E-state index in [4.69, 9.17) is 4.52 Å². The molecule has 5 nitrogen and oxygen atoms in total. The number of nitrogens with zero attached hydrogens (tertiary/aromatic N) is 2. The second-order valence-corrected chi connectivity index (χ2v) is 8.36. The van der Waals surface area contributed by atoms with Crippen LogP contribution in [-0.4, -0.2) is 27.4 Å². The van der Waals surface area contributed by atoms with Gasteiger partial charge < -0.3 is 14.9 Å². The Morgan fingerprint density at radius 2 is 1.61 bits per heavy atom. The lowest BCUT2D eigenvalue weighted by Gasteiger charge is -2.23. The van der Waals surface area contributed by atoms with Crippen molar-refractivity contribution in [3.05, 3.63) is 83.9 Å². The van der Waals surface area contributed by atoms with Crippen molar-refractivity contribution in [2.45, 2.75) is 32.9 Å². The van der Waals surface area contributed by atoms with Crippen molar-refractivity contribution < 1.29 is 9.63 Å². The van der Waals surface area contributed by atoms with Gasteiger partial charge in [-0.1, -0.05) is 65.8 Å². The van der Waals surface area contributed by atoms with E-state index < -0.39 is 0 Å². The summed E-state index contributed by atoms with van der Waals surface area (Å²) in [5, 5.41) is 17.0. The smallest absolute Gasteiger partial charge is 0.258 e. The number of rotatable bonds is 7. The molecule has 3 aromatic carbocycles. The van der Waals surface area contributed by atoms with Crippen molar-refractivity contribution in [1.29, 1.82) is 0 Å². The van der Waals surface area contributed by atoms with E-state index in [1.807, 2.05) is 68.4 Å². The predicted molar refractivity (Wildman–Crippen MR) is 123 cm³/mol. The highest BCUT2D eigenvalue weighted by atomic mass is 16.5. The van der Waals surface area contributed by atoms with Crippen molar-refractivity contribution in [2.75, 3.05) is 6.61 Å². The monoisotopic (exact) mass is 413 g/mol. The van der Waals surface area contributed by atoms with E-state index in [1.54, 1.807) is 0 Å². The predicted octanol–water partition coefficient (Wildman–Crippen LogP) is 5.24. The summed E-state index contributed by atoms with van der Waals surface area (Å²) >= 11 is 0. The van der Waals surface area contributed by atoms with E-state index in [0.717, 1.165) is 33.4 Å². The van der Waals surface area contributed by atoms with Crippen LogP contribution in [-0.2, 0) is 6.54 Å². The van der Waals surface area contributed by atoms with Crippen LogP contribution in [0.1, 0.15) is 25.0 Å². The van der Waals surface area contributed by atoms with Crippen molar-refractivity contribution in [1.82, 2.24) is 15.5 Å². The molecule has 0 fully saturated rings. The number of aromatic nitrogens is 2. The number of hydrogen-bond donors (Lipinski definition) is 2. The van der Waals surface area contributed by atoms with E-state index in [0.29, 0.717) is 18.3 Å². The molecule has 0 radical (unpaired) electrons. The van der Waals surface area contributed by atoms with Crippen molar-refractivity contribution in [2.24, 2.45) is 0 Å². The summed E-state index contributed by atoms with van der Waals surface area (Å²) in [5.74, 6) is 1.07. The standard InChI is InChI=1S/C26H27N3O2/c1-18-22(20-10-5-4-6-11-20)13-8-14-23(18)25-28-24(29-31-25)21-12-7-9-19(15-21)16-27-26(2,3)17-30/h4-15,27,30H,16-17H2,1-3H3. The molecule has 0 aliphatic rings. The summed E-state index contributed by atoms with van der Waals surface area (Å²) in [7, 11) is 0. The normalized spacial score (nSPS) is 11.6. The van der Waals surface area contributed by atoms with Crippen molar-refractivity contribution in [3.63, 3.8) is 0 Å². The summed E-state index contributed by atoms with van der Waals surface area (Å²) in [5.41, 5.74) is 6.00. The van der Waals surface area contributed by atoms with Gasteiger partial charge in [0.1, 0.15) is 0 Å². The maximum atomic E-state index is 9.44. The fourth-order valence-corrected chi connectivity index (χ4v) is 3.47. The highest BCUT2D eigenvalue weighted by molar-refractivity contribution is 5.75. The molecule has 0 amide bonds. The molecule has 4 aromatic rings. The molecule has 0 bridgehead atoms. The zero-order valence-electron chi connectivity index (χ0n) is 18.1. The average Bonchev–Trinajstić information content (AvgIpc) is 3.29. The van der Waals surface area contributed by atoms with Gasteiger partial charge in [0, 0.05) is 23.2 Å². The van der Waals surface area contributed by atoms with Crippen LogP contribution in [0, 0.1) is 6.92 Å². The third-order valence-corrected chi connectivity index (χ3v) is 5.43. The largest absolute Gasteiger partial charge is 0.394 e. The first kappa shape index (κ1) is 21.0. The van der Waals surface area contributed by atoms with Crippen LogP contribution >= 0.6 is 0 Å². The third kappa shape index (κ3) is 4.74. The minimum atomic E-state index is -0.337. The van der Waals surface area contributed by atoms with Gasteiger partial charge in [0.2, 0.25) is 5.82 Å². The SMILES string of the molecule is Cc1c(-c2ccccc2)cccc1-c1nc(-c2cccc(CNC(C)(C)CO)c2)no1. The molecule has 0 saturated carbocycles. The molecular weight excluding hydrogens is 386 g/mol. The van der Waals surface area contributed by atoms with Crippen molar-refractivity contribution >= 4 is 0 Å². The number of aliphatic hydroxyl groups is 1. The van der Waals surface area contributed by atoms with E-state index in [-0.39, 0.29) is 12.1 Å². The molecule has 4 rings (SSSR count). The van der Waals surface area contributed by atoms with Gasteiger partial charge in [-0.05, 0) is 55.2 Å². The lowest BCUT2D eigenvalue weighted by Crippen LogP contribution is -2.42. The summed E-state index contributed by atoms with van der Waals surface area (Å²) in [6.07, 6.45) is 0. The van der Waals surface area contributed by atoms with Gasteiger partial charge in [0.15, 0.2) is 0 Å². The van der Waals surface area contributed by atoms with Gasteiger partial charge >= 0.3 is 0 Å². The fraction of sp³-hybridized carbons (Fsp3) is 0.231.